The number of carbonyl (C=O) groups excluding carboxylic acids is 1. The lowest BCUT2D eigenvalue weighted by molar-refractivity contribution is -0.275. The van der Waals surface area contributed by atoms with E-state index in [9.17, 15) is 4.79 Å². The van der Waals surface area contributed by atoms with Crippen LogP contribution in [-0.4, -0.2) is 11.9 Å². The van der Waals surface area contributed by atoms with Crippen molar-refractivity contribution < 1.29 is 14.6 Å². The summed E-state index contributed by atoms with van der Waals surface area (Å²) in [6.07, 6.45) is 0.758. The number of hydrogen-bond acceptors (Lipinski definition) is 3. The first kappa shape index (κ1) is 11.7. The topological polar surface area (TPSA) is 35.5 Å². The summed E-state index contributed by atoms with van der Waals surface area (Å²) in [4.78, 5) is 21.1. The summed E-state index contributed by atoms with van der Waals surface area (Å²) in [5.41, 5.74) is 0.978. The summed E-state index contributed by atoms with van der Waals surface area (Å²) in [6.45, 7) is 7.51. The van der Waals surface area contributed by atoms with E-state index in [0.717, 1.165) is 11.8 Å². The number of hydrogen-bond donors (Lipinski definition) is 0. The molecule has 0 aliphatic carbocycles. The van der Waals surface area contributed by atoms with Crippen LogP contribution in [-0.2, 0) is 4.89 Å². The highest BCUT2D eigenvalue weighted by Crippen LogP contribution is 2.23. The van der Waals surface area contributed by atoms with Gasteiger partial charge in [-0.05, 0) is 39.3 Å². The highest BCUT2D eigenvalue weighted by Gasteiger charge is 2.15. The molecule has 0 unspecified atom stereocenters. The van der Waals surface area contributed by atoms with Crippen LogP contribution in [0.15, 0.2) is 18.2 Å². The minimum Gasteiger partial charge on any atom is -0.336 e. The van der Waals surface area contributed by atoms with Crippen molar-refractivity contribution in [2.24, 2.45) is 0 Å². The Morgan fingerprint density at radius 3 is 2.47 bits per heavy atom. The fraction of sp³-hybridized carbons (Fsp3) is 0.417. The molecule has 0 aliphatic rings. The van der Waals surface area contributed by atoms with Gasteiger partial charge in [0, 0.05) is 0 Å². The van der Waals surface area contributed by atoms with Gasteiger partial charge in [-0.25, -0.2) is 0 Å². The maximum atomic E-state index is 10.8. The summed E-state index contributed by atoms with van der Waals surface area (Å²) in [5, 5.41) is 0. The second-order valence-corrected chi connectivity index (χ2v) is 4.39. The van der Waals surface area contributed by atoms with Crippen LogP contribution in [0.4, 0.5) is 0 Å². The lowest BCUT2D eigenvalue weighted by Gasteiger charge is -2.19. The Bertz CT molecular complexity index is 350. The van der Waals surface area contributed by atoms with Crippen molar-refractivity contribution in [3.8, 4) is 5.75 Å². The van der Waals surface area contributed by atoms with Crippen LogP contribution in [0.3, 0.4) is 0 Å². The second kappa shape index (κ2) is 4.45. The lowest BCUT2D eigenvalue weighted by Crippen LogP contribution is -2.21. The smallest absolute Gasteiger partial charge is 0.178 e. The lowest BCUT2D eigenvalue weighted by atomic mass is 10.1. The van der Waals surface area contributed by atoms with Crippen LogP contribution < -0.4 is 4.89 Å². The number of para-hydroxylation sites is 1. The molecule has 0 amide bonds. The first-order valence-electron chi connectivity index (χ1n) is 4.84. The minimum atomic E-state index is -0.400. The molecule has 1 aromatic rings. The summed E-state index contributed by atoms with van der Waals surface area (Å²) < 4.78 is 0. The Morgan fingerprint density at radius 2 is 1.93 bits per heavy atom. The molecule has 0 aliphatic heterocycles. The van der Waals surface area contributed by atoms with Gasteiger partial charge in [-0.15, -0.1) is 0 Å². The van der Waals surface area contributed by atoms with Crippen LogP contribution in [0.25, 0.3) is 0 Å². The predicted octanol–water partition coefficient (Wildman–Crippen LogP) is 2.92. The molecule has 0 saturated carbocycles. The summed E-state index contributed by atoms with van der Waals surface area (Å²) in [7, 11) is 0. The van der Waals surface area contributed by atoms with Crippen molar-refractivity contribution in [2.45, 2.75) is 33.3 Å². The van der Waals surface area contributed by atoms with Crippen molar-refractivity contribution in [3.05, 3.63) is 29.3 Å². The summed E-state index contributed by atoms with van der Waals surface area (Å²) in [6, 6.07) is 5.37. The number of aryl methyl sites for hydroxylation is 1. The van der Waals surface area contributed by atoms with Gasteiger partial charge < -0.3 is 4.89 Å². The van der Waals surface area contributed by atoms with E-state index in [1.54, 1.807) is 6.07 Å². The van der Waals surface area contributed by atoms with E-state index in [0.29, 0.717) is 11.3 Å². The molecule has 3 heteroatoms. The average molecular weight is 208 g/mol. The van der Waals surface area contributed by atoms with E-state index in [-0.39, 0.29) is 0 Å². The van der Waals surface area contributed by atoms with Crippen LogP contribution in [0.2, 0.25) is 0 Å². The molecule has 0 fully saturated rings. The first-order chi connectivity index (χ1) is 6.94. The van der Waals surface area contributed by atoms with Gasteiger partial charge in [0.05, 0.1) is 5.56 Å². The van der Waals surface area contributed by atoms with Crippen molar-refractivity contribution in [1.29, 1.82) is 0 Å². The SMILES string of the molecule is Cc1cccc(C=O)c1OOC(C)(C)C. The maximum Gasteiger partial charge on any atom is 0.178 e. The molecule has 0 heterocycles. The van der Waals surface area contributed by atoms with Crippen LogP contribution in [0.1, 0.15) is 36.7 Å². The van der Waals surface area contributed by atoms with Gasteiger partial charge >= 0.3 is 0 Å². The molecule has 0 spiro atoms. The summed E-state index contributed by atoms with van der Waals surface area (Å²) in [5.74, 6) is 0.488. The third-order valence-corrected chi connectivity index (χ3v) is 1.74. The molecule has 0 radical (unpaired) electrons. The van der Waals surface area contributed by atoms with Crippen molar-refractivity contribution in [1.82, 2.24) is 0 Å². The van der Waals surface area contributed by atoms with Gasteiger partial charge in [-0.1, -0.05) is 12.1 Å². The molecule has 1 aromatic carbocycles. The van der Waals surface area contributed by atoms with Crippen molar-refractivity contribution in [2.75, 3.05) is 0 Å². The Hall–Kier alpha value is -1.35. The Kier molecular flexibility index (Phi) is 3.48. The van der Waals surface area contributed by atoms with Gasteiger partial charge in [0.25, 0.3) is 0 Å². The second-order valence-electron chi connectivity index (χ2n) is 4.39. The van der Waals surface area contributed by atoms with Crippen LogP contribution in [0.5, 0.6) is 5.75 Å². The highest BCUT2D eigenvalue weighted by molar-refractivity contribution is 5.80. The molecule has 0 N–H and O–H groups in total. The standard InChI is InChI=1S/C12H16O3/c1-9-6-5-7-10(8-13)11(9)14-15-12(2,3)4/h5-8H,1-4H3. The zero-order chi connectivity index (χ0) is 11.5. The van der Waals surface area contributed by atoms with Crippen LogP contribution >= 0.6 is 0 Å². The van der Waals surface area contributed by atoms with Gasteiger partial charge in [-0.2, -0.15) is 4.89 Å². The van der Waals surface area contributed by atoms with E-state index in [1.165, 1.54) is 0 Å². The van der Waals surface area contributed by atoms with Gasteiger partial charge in [0.15, 0.2) is 12.0 Å². The largest absolute Gasteiger partial charge is 0.336 e. The predicted molar refractivity (Wildman–Crippen MR) is 58.0 cm³/mol. The zero-order valence-corrected chi connectivity index (χ0v) is 9.53. The van der Waals surface area contributed by atoms with Crippen LogP contribution in [0, 0.1) is 6.92 Å². The number of rotatable bonds is 3. The molecule has 0 bridgehead atoms. The molecule has 0 saturated heterocycles. The average Bonchev–Trinajstić information content (AvgIpc) is 2.14. The summed E-state index contributed by atoms with van der Waals surface area (Å²) >= 11 is 0. The maximum absolute atomic E-state index is 10.8. The Balaban J connectivity index is 2.88. The zero-order valence-electron chi connectivity index (χ0n) is 9.53. The minimum absolute atomic E-state index is 0.400. The Morgan fingerprint density at radius 1 is 1.27 bits per heavy atom. The molecule has 0 aromatic heterocycles. The molecule has 0 atom stereocenters. The van der Waals surface area contributed by atoms with Crippen molar-refractivity contribution in [3.63, 3.8) is 0 Å². The highest BCUT2D eigenvalue weighted by atomic mass is 17.2. The van der Waals surface area contributed by atoms with Gasteiger partial charge in [-0.3, -0.25) is 4.79 Å². The van der Waals surface area contributed by atoms with E-state index >= 15 is 0 Å². The normalized spacial score (nSPS) is 11.2. The third kappa shape index (κ3) is 3.36. The van der Waals surface area contributed by atoms with Gasteiger partial charge in [0.2, 0.25) is 0 Å². The van der Waals surface area contributed by atoms with E-state index in [2.05, 4.69) is 0 Å². The molecule has 1 rings (SSSR count). The first-order valence-corrected chi connectivity index (χ1v) is 4.84. The molecular formula is C12H16O3. The molecule has 15 heavy (non-hydrogen) atoms. The number of aldehydes is 1. The fourth-order valence-corrected chi connectivity index (χ4v) is 1.05. The van der Waals surface area contributed by atoms with E-state index in [1.807, 2.05) is 39.8 Å². The third-order valence-electron chi connectivity index (χ3n) is 1.74. The Labute approximate surface area is 89.9 Å². The van der Waals surface area contributed by atoms with E-state index in [4.69, 9.17) is 9.78 Å². The molecular weight excluding hydrogens is 192 g/mol. The molecule has 82 valence electrons. The monoisotopic (exact) mass is 208 g/mol. The quantitative estimate of drug-likeness (QED) is 0.435. The van der Waals surface area contributed by atoms with Crippen molar-refractivity contribution >= 4 is 6.29 Å². The van der Waals surface area contributed by atoms with E-state index < -0.39 is 5.60 Å². The molecule has 3 nitrogen and oxygen atoms in total. The fourth-order valence-electron chi connectivity index (χ4n) is 1.05. The number of carbonyl (C=O) groups is 1. The van der Waals surface area contributed by atoms with Gasteiger partial charge in [0.1, 0.15) is 5.60 Å². The number of benzene rings is 1.